The van der Waals surface area contributed by atoms with Crippen LogP contribution in [0.2, 0.25) is 0 Å². The fourth-order valence-electron chi connectivity index (χ4n) is 2.09. The van der Waals surface area contributed by atoms with E-state index in [-0.39, 0.29) is 18.1 Å². The molecule has 0 spiro atoms. The van der Waals surface area contributed by atoms with Gasteiger partial charge in [0.05, 0.1) is 6.54 Å². The summed E-state index contributed by atoms with van der Waals surface area (Å²) in [6.07, 6.45) is 4.72. The molecule has 1 aliphatic heterocycles. The summed E-state index contributed by atoms with van der Waals surface area (Å²) in [4.78, 5) is 28.3. The summed E-state index contributed by atoms with van der Waals surface area (Å²) in [5.74, 6) is -1.03. The van der Waals surface area contributed by atoms with Gasteiger partial charge in [-0.1, -0.05) is 0 Å². The van der Waals surface area contributed by atoms with E-state index in [1.54, 1.807) is 6.07 Å². The number of anilines is 1. The number of hydrogen-bond donors (Lipinski definition) is 2. The first kappa shape index (κ1) is 13.3. The number of likely N-dealkylation sites (tertiary alicyclic amines) is 1. The van der Waals surface area contributed by atoms with Gasteiger partial charge in [-0.25, -0.2) is 9.78 Å². The number of nitrogens with zero attached hydrogens (tertiary/aromatic N) is 2. The van der Waals surface area contributed by atoms with Gasteiger partial charge in [0.2, 0.25) is 5.91 Å². The molecule has 6 heteroatoms. The summed E-state index contributed by atoms with van der Waals surface area (Å²) in [7, 11) is 0. The molecule has 1 aromatic rings. The number of rotatable bonds is 4. The lowest BCUT2D eigenvalue weighted by Crippen LogP contribution is -2.39. The number of hydrogen-bond acceptors (Lipinski definition) is 4. The maximum Gasteiger partial charge on any atom is 0.354 e. The van der Waals surface area contributed by atoms with Gasteiger partial charge < -0.3 is 15.3 Å². The molecule has 1 aliphatic rings. The molecule has 102 valence electrons. The first-order chi connectivity index (χ1) is 9.16. The third-order valence-electron chi connectivity index (χ3n) is 3.13. The van der Waals surface area contributed by atoms with Gasteiger partial charge in [0.1, 0.15) is 5.69 Å². The Kier molecular flexibility index (Phi) is 4.33. The molecule has 0 aliphatic carbocycles. The number of carboxylic acid groups (broad SMARTS) is 1. The van der Waals surface area contributed by atoms with Gasteiger partial charge in [-0.15, -0.1) is 0 Å². The third-order valence-corrected chi connectivity index (χ3v) is 3.13. The third kappa shape index (κ3) is 3.67. The van der Waals surface area contributed by atoms with Crippen molar-refractivity contribution >= 4 is 17.6 Å². The van der Waals surface area contributed by atoms with E-state index < -0.39 is 5.97 Å². The summed E-state index contributed by atoms with van der Waals surface area (Å²) < 4.78 is 0. The van der Waals surface area contributed by atoms with Crippen LogP contribution in [-0.2, 0) is 4.79 Å². The highest BCUT2D eigenvalue weighted by Gasteiger charge is 2.16. The Labute approximate surface area is 111 Å². The molecule has 6 nitrogen and oxygen atoms in total. The largest absolute Gasteiger partial charge is 0.477 e. The molecule has 0 radical (unpaired) electrons. The second-order valence-corrected chi connectivity index (χ2v) is 4.53. The fourth-order valence-corrected chi connectivity index (χ4v) is 2.09. The highest BCUT2D eigenvalue weighted by Crippen LogP contribution is 2.10. The Morgan fingerprint density at radius 2 is 2.05 bits per heavy atom. The molecule has 0 saturated carbocycles. The number of aromatic carboxylic acids is 1. The van der Waals surface area contributed by atoms with Crippen molar-refractivity contribution in [3.05, 3.63) is 24.0 Å². The standard InChI is InChI=1S/C13H17N3O3/c17-12(16-6-2-1-3-7-16)9-15-10-4-5-14-11(8-10)13(18)19/h4-5,8H,1-3,6-7,9H2,(H,14,15)(H,18,19). The molecule has 0 bridgehead atoms. The highest BCUT2D eigenvalue weighted by molar-refractivity contribution is 5.87. The van der Waals surface area contributed by atoms with Gasteiger partial charge in [-0.2, -0.15) is 0 Å². The highest BCUT2D eigenvalue weighted by atomic mass is 16.4. The van der Waals surface area contributed by atoms with Crippen LogP contribution >= 0.6 is 0 Å². The Balaban J connectivity index is 1.89. The van der Waals surface area contributed by atoms with Crippen molar-refractivity contribution in [2.45, 2.75) is 19.3 Å². The summed E-state index contributed by atoms with van der Waals surface area (Å²) in [6.45, 7) is 1.82. The minimum Gasteiger partial charge on any atom is -0.477 e. The molecule has 0 unspecified atom stereocenters. The van der Waals surface area contributed by atoms with Crippen molar-refractivity contribution in [1.82, 2.24) is 9.88 Å². The van der Waals surface area contributed by atoms with Crippen LogP contribution in [0.3, 0.4) is 0 Å². The summed E-state index contributed by atoms with van der Waals surface area (Å²) >= 11 is 0. The molecular formula is C13H17N3O3. The molecule has 1 aromatic heterocycles. The predicted octanol–water partition coefficient (Wildman–Crippen LogP) is 1.20. The van der Waals surface area contributed by atoms with E-state index in [2.05, 4.69) is 10.3 Å². The van der Waals surface area contributed by atoms with E-state index in [9.17, 15) is 9.59 Å². The maximum atomic E-state index is 11.9. The molecule has 2 heterocycles. The molecular weight excluding hydrogens is 246 g/mol. The Bertz CT molecular complexity index is 470. The zero-order valence-corrected chi connectivity index (χ0v) is 10.6. The number of carboxylic acids is 1. The summed E-state index contributed by atoms with van der Waals surface area (Å²) in [5.41, 5.74) is 0.563. The summed E-state index contributed by atoms with van der Waals surface area (Å²) in [5, 5.41) is 11.8. The monoisotopic (exact) mass is 263 g/mol. The molecule has 2 N–H and O–H groups in total. The van der Waals surface area contributed by atoms with Gasteiger partial charge in [0.15, 0.2) is 0 Å². The van der Waals surface area contributed by atoms with Crippen LogP contribution in [0.4, 0.5) is 5.69 Å². The smallest absolute Gasteiger partial charge is 0.354 e. The van der Waals surface area contributed by atoms with E-state index in [0.29, 0.717) is 5.69 Å². The Morgan fingerprint density at radius 3 is 2.74 bits per heavy atom. The number of carbonyl (C=O) groups is 2. The van der Waals surface area contributed by atoms with Crippen molar-refractivity contribution in [3.8, 4) is 0 Å². The minimum atomic E-state index is -1.08. The molecule has 2 rings (SSSR count). The fraction of sp³-hybridized carbons (Fsp3) is 0.462. The van der Waals surface area contributed by atoms with Crippen molar-refractivity contribution in [2.24, 2.45) is 0 Å². The van der Waals surface area contributed by atoms with Crippen LogP contribution < -0.4 is 5.32 Å². The van der Waals surface area contributed by atoms with Crippen molar-refractivity contribution in [3.63, 3.8) is 0 Å². The van der Waals surface area contributed by atoms with Crippen molar-refractivity contribution in [2.75, 3.05) is 25.0 Å². The number of amides is 1. The lowest BCUT2D eigenvalue weighted by Gasteiger charge is -2.26. The van der Waals surface area contributed by atoms with E-state index in [1.165, 1.54) is 18.7 Å². The number of pyridine rings is 1. The summed E-state index contributed by atoms with van der Waals surface area (Å²) in [6, 6.07) is 3.07. The van der Waals surface area contributed by atoms with Crippen LogP contribution in [0.5, 0.6) is 0 Å². The first-order valence-corrected chi connectivity index (χ1v) is 6.38. The predicted molar refractivity (Wildman–Crippen MR) is 70.1 cm³/mol. The van der Waals surface area contributed by atoms with Crippen molar-refractivity contribution < 1.29 is 14.7 Å². The maximum absolute atomic E-state index is 11.9. The van der Waals surface area contributed by atoms with Crippen LogP contribution in [0.1, 0.15) is 29.8 Å². The Hall–Kier alpha value is -2.11. The van der Waals surface area contributed by atoms with Crippen LogP contribution in [-0.4, -0.2) is 46.5 Å². The molecule has 1 amide bonds. The average Bonchev–Trinajstić information content (AvgIpc) is 2.46. The van der Waals surface area contributed by atoms with Gasteiger partial charge >= 0.3 is 5.97 Å². The van der Waals surface area contributed by atoms with E-state index in [1.807, 2.05) is 4.90 Å². The molecule has 1 fully saturated rings. The van der Waals surface area contributed by atoms with E-state index in [4.69, 9.17) is 5.11 Å². The normalized spacial score (nSPS) is 15.1. The lowest BCUT2D eigenvalue weighted by atomic mass is 10.1. The number of carbonyl (C=O) groups excluding carboxylic acids is 1. The number of nitrogens with one attached hydrogen (secondary N) is 1. The van der Waals surface area contributed by atoms with Crippen molar-refractivity contribution in [1.29, 1.82) is 0 Å². The quantitative estimate of drug-likeness (QED) is 0.853. The van der Waals surface area contributed by atoms with Crippen LogP contribution in [0.15, 0.2) is 18.3 Å². The SMILES string of the molecule is O=C(O)c1cc(NCC(=O)N2CCCCC2)ccn1. The zero-order chi connectivity index (χ0) is 13.7. The average molecular weight is 263 g/mol. The van der Waals surface area contributed by atoms with E-state index in [0.717, 1.165) is 25.9 Å². The van der Waals surface area contributed by atoms with Crippen LogP contribution in [0, 0.1) is 0 Å². The van der Waals surface area contributed by atoms with Gasteiger partial charge in [-0.05, 0) is 31.4 Å². The first-order valence-electron chi connectivity index (χ1n) is 6.38. The van der Waals surface area contributed by atoms with E-state index >= 15 is 0 Å². The second-order valence-electron chi connectivity index (χ2n) is 4.53. The number of piperidine rings is 1. The topological polar surface area (TPSA) is 82.5 Å². The minimum absolute atomic E-state index is 0.0320. The van der Waals surface area contributed by atoms with Gasteiger partial charge in [0.25, 0.3) is 0 Å². The Morgan fingerprint density at radius 1 is 1.32 bits per heavy atom. The lowest BCUT2D eigenvalue weighted by molar-refractivity contribution is -0.130. The van der Waals surface area contributed by atoms with Crippen LogP contribution in [0.25, 0.3) is 0 Å². The molecule has 1 saturated heterocycles. The number of aromatic nitrogens is 1. The second kappa shape index (κ2) is 6.17. The molecule has 0 atom stereocenters. The molecule has 19 heavy (non-hydrogen) atoms. The molecule has 0 aromatic carbocycles. The van der Waals surface area contributed by atoms with Gasteiger partial charge in [-0.3, -0.25) is 4.79 Å². The zero-order valence-electron chi connectivity index (χ0n) is 10.6. The van der Waals surface area contributed by atoms with Gasteiger partial charge in [0, 0.05) is 25.0 Å².